The fourth-order valence-corrected chi connectivity index (χ4v) is 4.12. The molecule has 0 saturated heterocycles. The summed E-state index contributed by atoms with van der Waals surface area (Å²) >= 11 is 0. The van der Waals surface area contributed by atoms with Gasteiger partial charge < -0.3 is 25.0 Å². The van der Waals surface area contributed by atoms with Crippen molar-refractivity contribution in [3.05, 3.63) is 66.2 Å². The van der Waals surface area contributed by atoms with Crippen molar-refractivity contribution in [3.8, 4) is 5.75 Å². The lowest BCUT2D eigenvalue weighted by molar-refractivity contribution is -0.141. The highest BCUT2D eigenvalue weighted by molar-refractivity contribution is 5.99. The van der Waals surface area contributed by atoms with Gasteiger partial charge in [0.25, 0.3) is 5.91 Å². The van der Waals surface area contributed by atoms with Gasteiger partial charge in [-0.3, -0.25) is 9.59 Å². The van der Waals surface area contributed by atoms with Crippen molar-refractivity contribution in [3.63, 3.8) is 0 Å². The molecule has 0 heterocycles. The first-order valence-electron chi connectivity index (χ1n) is 12.4. The van der Waals surface area contributed by atoms with Gasteiger partial charge in [-0.25, -0.2) is 4.79 Å². The standard InChI is InChI=1S/C29H37N3O5/c1-8-20-10-9-11-21(17-20)25(26(33)31-22-12-14-23(36-7)15-13-22)32(24-16-18(24)2)27(34)19(3)30-28(35)37-29(4,5)6/h8-15,17-19,24-25H,1,16H2,2-7H3,(H,30,35)(H,31,33). The van der Waals surface area contributed by atoms with E-state index in [9.17, 15) is 14.4 Å². The molecule has 1 fully saturated rings. The Hall–Kier alpha value is -3.81. The van der Waals surface area contributed by atoms with Gasteiger partial charge in [-0.2, -0.15) is 0 Å². The van der Waals surface area contributed by atoms with Crippen molar-refractivity contribution in [2.75, 3.05) is 12.4 Å². The molecule has 0 bridgehead atoms. The Morgan fingerprint density at radius 1 is 1.14 bits per heavy atom. The first-order valence-corrected chi connectivity index (χ1v) is 12.4. The zero-order chi connectivity index (χ0) is 27.3. The smallest absolute Gasteiger partial charge is 0.408 e. The summed E-state index contributed by atoms with van der Waals surface area (Å²) in [5.41, 5.74) is 1.35. The van der Waals surface area contributed by atoms with Gasteiger partial charge in [0.05, 0.1) is 7.11 Å². The van der Waals surface area contributed by atoms with Crippen LogP contribution in [0.5, 0.6) is 5.75 Å². The number of nitrogens with one attached hydrogen (secondary N) is 2. The molecular formula is C29H37N3O5. The highest BCUT2D eigenvalue weighted by atomic mass is 16.6. The highest BCUT2D eigenvalue weighted by Gasteiger charge is 2.47. The maximum absolute atomic E-state index is 13.8. The first-order chi connectivity index (χ1) is 17.4. The Morgan fingerprint density at radius 3 is 2.32 bits per heavy atom. The van der Waals surface area contributed by atoms with E-state index in [-0.39, 0.29) is 23.8 Å². The minimum atomic E-state index is -0.924. The van der Waals surface area contributed by atoms with Crippen LogP contribution in [0.15, 0.2) is 55.1 Å². The predicted molar refractivity (Wildman–Crippen MR) is 144 cm³/mol. The number of nitrogens with zero attached hydrogens (tertiary/aromatic N) is 1. The molecule has 0 radical (unpaired) electrons. The van der Waals surface area contributed by atoms with Gasteiger partial charge in [-0.15, -0.1) is 0 Å². The van der Waals surface area contributed by atoms with Gasteiger partial charge >= 0.3 is 6.09 Å². The average Bonchev–Trinajstić information content (AvgIpc) is 3.56. The molecule has 3 amide bonds. The minimum Gasteiger partial charge on any atom is -0.497 e. The van der Waals surface area contributed by atoms with E-state index in [0.717, 1.165) is 12.0 Å². The third-order valence-corrected chi connectivity index (χ3v) is 6.13. The Labute approximate surface area is 219 Å². The lowest BCUT2D eigenvalue weighted by Crippen LogP contribution is -2.52. The average molecular weight is 508 g/mol. The zero-order valence-electron chi connectivity index (χ0n) is 22.4. The molecule has 0 spiro atoms. The number of hydrogen-bond acceptors (Lipinski definition) is 5. The molecule has 1 saturated carbocycles. The van der Waals surface area contributed by atoms with Crippen LogP contribution in [-0.4, -0.2) is 47.6 Å². The van der Waals surface area contributed by atoms with Crippen LogP contribution in [0.4, 0.5) is 10.5 Å². The third-order valence-electron chi connectivity index (χ3n) is 6.13. The van der Waals surface area contributed by atoms with E-state index < -0.39 is 23.8 Å². The van der Waals surface area contributed by atoms with Crippen molar-refractivity contribution in [1.82, 2.24) is 10.2 Å². The summed E-state index contributed by atoms with van der Waals surface area (Å²) in [5, 5.41) is 5.58. The van der Waals surface area contributed by atoms with Crippen LogP contribution in [0.25, 0.3) is 6.08 Å². The fourth-order valence-electron chi connectivity index (χ4n) is 4.12. The number of carbonyl (C=O) groups excluding carboxylic acids is 3. The molecule has 2 aromatic rings. The molecule has 198 valence electrons. The van der Waals surface area contributed by atoms with E-state index in [0.29, 0.717) is 17.0 Å². The van der Waals surface area contributed by atoms with Gasteiger partial charge in [-0.05, 0) is 81.5 Å². The first kappa shape index (κ1) is 27.8. The van der Waals surface area contributed by atoms with Gasteiger partial charge in [0, 0.05) is 11.7 Å². The number of rotatable bonds is 9. The Morgan fingerprint density at radius 2 is 1.78 bits per heavy atom. The third kappa shape index (κ3) is 7.35. The lowest BCUT2D eigenvalue weighted by atomic mass is 10.00. The van der Waals surface area contributed by atoms with Crippen LogP contribution in [0.2, 0.25) is 0 Å². The maximum atomic E-state index is 13.8. The molecule has 8 heteroatoms. The van der Waals surface area contributed by atoms with E-state index in [1.54, 1.807) is 70.0 Å². The van der Waals surface area contributed by atoms with Crippen molar-refractivity contribution in [1.29, 1.82) is 0 Å². The van der Waals surface area contributed by atoms with E-state index in [1.165, 1.54) is 0 Å². The second kappa shape index (κ2) is 11.5. The normalized spacial score (nSPS) is 18.1. The SMILES string of the molecule is C=Cc1cccc(C(C(=O)Nc2ccc(OC)cc2)N(C(=O)C(C)NC(=O)OC(C)(C)C)C2CC2C)c1. The Bertz CT molecular complexity index is 1140. The summed E-state index contributed by atoms with van der Waals surface area (Å²) in [6.07, 6.45) is 1.77. The van der Waals surface area contributed by atoms with Gasteiger partial charge in [0.2, 0.25) is 5.91 Å². The molecule has 3 rings (SSSR count). The molecule has 0 aromatic heterocycles. The van der Waals surface area contributed by atoms with Crippen LogP contribution in [-0.2, 0) is 14.3 Å². The number of alkyl carbamates (subject to hydrolysis) is 1. The van der Waals surface area contributed by atoms with E-state index in [1.807, 2.05) is 31.2 Å². The van der Waals surface area contributed by atoms with Crippen molar-refractivity contribution in [2.24, 2.45) is 5.92 Å². The second-order valence-electron chi connectivity index (χ2n) is 10.4. The summed E-state index contributed by atoms with van der Waals surface area (Å²) in [5.74, 6) is 0.165. The fraction of sp³-hybridized carbons (Fsp3) is 0.414. The van der Waals surface area contributed by atoms with E-state index in [2.05, 4.69) is 17.2 Å². The summed E-state index contributed by atoms with van der Waals surface area (Å²) in [6, 6.07) is 12.4. The van der Waals surface area contributed by atoms with Gasteiger partial charge in [-0.1, -0.05) is 37.8 Å². The summed E-state index contributed by atoms with van der Waals surface area (Å²) in [4.78, 5) is 41.6. The minimum absolute atomic E-state index is 0.144. The molecule has 2 N–H and O–H groups in total. The monoisotopic (exact) mass is 507 g/mol. The van der Waals surface area contributed by atoms with Crippen LogP contribution >= 0.6 is 0 Å². The summed E-state index contributed by atoms with van der Waals surface area (Å²) in [6.45, 7) is 12.7. The Balaban J connectivity index is 1.96. The molecule has 2 aromatic carbocycles. The number of hydrogen-bond donors (Lipinski definition) is 2. The number of anilines is 1. The maximum Gasteiger partial charge on any atom is 0.408 e. The molecule has 1 aliphatic carbocycles. The van der Waals surface area contributed by atoms with Crippen molar-refractivity contribution >= 4 is 29.7 Å². The number of carbonyl (C=O) groups is 3. The predicted octanol–water partition coefficient (Wildman–Crippen LogP) is 5.17. The Kier molecular flexibility index (Phi) is 8.63. The number of ether oxygens (including phenoxy) is 2. The number of methoxy groups -OCH3 is 1. The van der Waals surface area contributed by atoms with E-state index >= 15 is 0 Å². The van der Waals surface area contributed by atoms with Gasteiger partial charge in [0.15, 0.2) is 0 Å². The van der Waals surface area contributed by atoms with Crippen LogP contribution in [0, 0.1) is 5.92 Å². The quantitative estimate of drug-likeness (QED) is 0.488. The molecule has 4 unspecified atom stereocenters. The molecule has 4 atom stereocenters. The summed E-state index contributed by atoms with van der Waals surface area (Å²) in [7, 11) is 1.57. The second-order valence-corrected chi connectivity index (χ2v) is 10.4. The van der Waals surface area contributed by atoms with Crippen LogP contribution in [0.3, 0.4) is 0 Å². The lowest BCUT2D eigenvalue weighted by Gasteiger charge is -2.34. The zero-order valence-corrected chi connectivity index (χ0v) is 22.4. The van der Waals surface area contributed by atoms with Crippen molar-refractivity contribution < 1.29 is 23.9 Å². The molecule has 0 aliphatic heterocycles. The van der Waals surface area contributed by atoms with Crippen LogP contribution < -0.4 is 15.4 Å². The molecule has 8 nitrogen and oxygen atoms in total. The topological polar surface area (TPSA) is 97.0 Å². The molecule has 37 heavy (non-hydrogen) atoms. The largest absolute Gasteiger partial charge is 0.497 e. The number of amides is 3. The van der Waals surface area contributed by atoms with Gasteiger partial charge in [0.1, 0.15) is 23.4 Å². The van der Waals surface area contributed by atoms with Crippen LogP contribution in [0.1, 0.15) is 58.2 Å². The highest BCUT2D eigenvalue weighted by Crippen LogP contribution is 2.41. The molecule has 1 aliphatic rings. The number of benzene rings is 2. The van der Waals surface area contributed by atoms with E-state index in [4.69, 9.17) is 9.47 Å². The molecular weight excluding hydrogens is 470 g/mol. The van der Waals surface area contributed by atoms with Crippen molar-refractivity contribution in [2.45, 2.75) is 64.8 Å². The summed E-state index contributed by atoms with van der Waals surface area (Å²) < 4.78 is 10.5.